The molecule has 0 saturated carbocycles. The number of carbonyl (C=O) groups is 1. The molecule has 15 heavy (non-hydrogen) atoms. The summed E-state index contributed by atoms with van der Waals surface area (Å²) < 4.78 is 0. The van der Waals surface area contributed by atoms with E-state index in [1.807, 2.05) is 36.4 Å². The van der Waals surface area contributed by atoms with Gasteiger partial charge in [0.05, 0.1) is 0 Å². The van der Waals surface area contributed by atoms with Crippen molar-refractivity contribution in [3.63, 3.8) is 0 Å². The summed E-state index contributed by atoms with van der Waals surface area (Å²) in [7, 11) is 0. The van der Waals surface area contributed by atoms with Gasteiger partial charge in [-0.1, -0.05) is 18.2 Å². The topological polar surface area (TPSA) is 29.1 Å². The maximum Gasteiger partial charge on any atom is 0.221 e. The van der Waals surface area contributed by atoms with Crippen LogP contribution in [-0.4, -0.2) is 5.91 Å². The van der Waals surface area contributed by atoms with Crippen LogP contribution in [0.15, 0.2) is 41.3 Å². The van der Waals surface area contributed by atoms with E-state index in [-0.39, 0.29) is 5.91 Å². The third kappa shape index (κ3) is 2.13. The number of thiol groups is 1. The van der Waals surface area contributed by atoms with Crippen molar-refractivity contribution in [2.75, 3.05) is 5.32 Å². The van der Waals surface area contributed by atoms with E-state index in [9.17, 15) is 4.79 Å². The molecule has 0 aromatic heterocycles. The van der Waals surface area contributed by atoms with Gasteiger partial charge in [-0.05, 0) is 29.0 Å². The van der Waals surface area contributed by atoms with Gasteiger partial charge in [0.25, 0.3) is 0 Å². The van der Waals surface area contributed by atoms with Gasteiger partial charge in [-0.25, -0.2) is 0 Å². The minimum Gasteiger partial charge on any atom is -0.326 e. The molecule has 0 bridgehead atoms. The fourth-order valence-electron chi connectivity index (χ4n) is 1.54. The van der Waals surface area contributed by atoms with Gasteiger partial charge in [0.1, 0.15) is 0 Å². The van der Waals surface area contributed by atoms with Gasteiger partial charge < -0.3 is 5.32 Å². The SMILES string of the molecule is CC(=O)Nc1ccc2cccc(S)c2c1. The second kappa shape index (κ2) is 3.95. The Bertz CT molecular complexity index is 522. The predicted molar refractivity (Wildman–Crippen MR) is 65.5 cm³/mol. The van der Waals surface area contributed by atoms with Crippen molar-refractivity contribution in [3.05, 3.63) is 36.4 Å². The zero-order chi connectivity index (χ0) is 10.8. The summed E-state index contributed by atoms with van der Waals surface area (Å²) in [5, 5.41) is 4.92. The zero-order valence-electron chi connectivity index (χ0n) is 8.32. The lowest BCUT2D eigenvalue weighted by Gasteiger charge is -2.05. The Labute approximate surface area is 93.7 Å². The first kappa shape index (κ1) is 10.1. The fraction of sp³-hybridized carbons (Fsp3) is 0.0833. The highest BCUT2D eigenvalue weighted by Crippen LogP contribution is 2.24. The van der Waals surface area contributed by atoms with Crippen LogP contribution >= 0.6 is 12.6 Å². The van der Waals surface area contributed by atoms with Crippen LogP contribution in [0.1, 0.15) is 6.92 Å². The molecule has 2 nitrogen and oxygen atoms in total. The second-order valence-electron chi connectivity index (χ2n) is 3.39. The van der Waals surface area contributed by atoms with E-state index >= 15 is 0 Å². The van der Waals surface area contributed by atoms with Crippen molar-refractivity contribution in [2.45, 2.75) is 11.8 Å². The smallest absolute Gasteiger partial charge is 0.221 e. The monoisotopic (exact) mass is 217 g/mol. The van der Waals surface area contributed by atoms with E-state index < -0.39 is 0 Å². The first-order valence-electron chi connectivity index (χ1n) is 4.66. The third-order valence-corrected chi connectivity index (χ3v) is 2.57. The number of hydrogen-bond donors (Lipinski definition) is 2. The van der Waals surface area contributed by atoms with Crippen LogP contribution in [0.2, 0.25) is 0 Å². The molecule has 0 unspecified atom stereocenters. The highest BCUT2D eigenvalue weighted by molar-refractivity contribution is 7.80. The normalized spacial score (nSPS) is 10.3. The summed E-state index contributed by atoms with van der Waals surface area (Å²) in [6.07, 6.45) is 0. The van der Waals surface area contributed by atoms with E-state index in [1.165, 1.54) is 6.92 Å². The van der Waals surface area contributed by atoms with E-state index in [0.29, 0.717) is 0 Å². The first-order chi connectivity index (χ1) is 7.16. The lowest BCUT2D eigenvalue weighted by atomic mass is 10.1. The number of hydrogen-bond acceptors (Lipinski definition) is 2. The maximum atomic E-state index is 10.9. The van der Waals surface area contributed by atoms with Gasteiger partial charge in [-0.2, -0.15) is 0 Å². The van der Waals surface area contributed by atoms with E-state index in [2.05, 4.69) is 17.9 Å². The molecule has 3 heteroatoms. The molecule has 0 heterocycles. The van der Waals surface area contributed by atoms with Crippen molar-refractivity contribution >= 4 is 35.0 Å². The molecule has 0 aliphatic carbocycles. The number of anilines is 1. The predicted octanol–water partition coefficient (Wildman–Crippen LogP) is 3.09. The molecule has 2 aromatic carbocycles. The molecule has 0 radical (unpaired) electrons. The van der Waals surface area contributed by atoms with Crippen LogP contribution in [0.25, 0.3) is 10.8 Å². The van der Waals surface area contributed by atoms with Crippen LogP contribution in [-0.2, 0) is 4.79 Å². The number of carbonyl (C=O) groups excluding carboxylic acids is 1. The number of benzene rings is 2. The Morgan fingerprint density at radius 2 is 2.07 bits per heavy atom. The van der Waals surface area contributed by atoms with Gasteiger partial charge in [-0.15, -0.1) is 12.6 Å². The Kier molecular flexibility index (Phi) is 2.64. The highest BCUT2D eigenvalue weighted by Gasteiger charge is 2.00. The van der Waals surface area contributed by atoms with Crippen LogP contribution in [0.4, 0.5) is 5.69 Å². The molecule has 0 atom stereocenters. The largest absolute Gasteiger partial charge is 0.326 e. The molecular formula is C12H11NOS. The van der Waals surface area contributed by atoms with Gasteiger partial charge in [-0.3, -0.25) is 4.79 Å². The number of rotatable bonds is 1. The minimum absolute atomic E-state index is 0.0639. The minimum atomic E-state index is -0.0639. The van der Waals surface area contributed by atoms with Crippen LogP contribution < -0.4 is 5.32 Å². The van der Waals surface area contributed by atoms with Crippen molar-refractivity contribution in [1.29, 1.82) is 0 Å². The first-order valence-corrected chi connectivity index (χ1v) is 5.11. The third-order valence-electron chi connectivity index (χ3n) is 2.18. The molecule has 1 amide bonds. The summed E-state index contributed by atoms with van der Waals surface area (Å²) in [6, 6.07) is 11.7. The average molecular weight is 217 g/mol. The Hall–Kier alpha value is -1.48. The summed E-state index contributed by atoms with van der Waals surface area (Å²) >= 11 is 4.38. The lowest BCUT2D eigenvalue weighted by Crippen LogP contribution is -2.05. The van der Waals surface area contributed by atoms with Gasteiger partial charge >= 0.3 is 0 Å². The average Bonchev–Trinajstić information content (AvgIpc) is 2.18. The molecule has 2 aromatic rings. The molecule has 76 valence electrons. The summed E-state index contributed by atoms with van der Waals surface area (Å²) in [5.41, 5.74) is 0.802. The zero-order valence-corrected chi connectivity index (χ0v) is 9.21. The highest BCUT2D eigenvalue weighted by atomic mass is 32.1. The van der Waals surface area contributed by atoms with Crippen LogP contribution in [0.5, 0.6) is 0 Å². The van der Waals surface area contributed by atoms with Crippen molar-refractivity contribution in [2.24, 2.45) is 0 Å². The van der Waals surface area contributed by atoms with E-state index in [0.717, 1.165) is 21.4 Å². The van der Waals surface area contributed by atoms with Gasteiger partial charge in [0.2, 0.25) is 5.91 Å². The summed E-state index contributed by atoms with van der Waals surface area (Å²) in [4.78, 5) is 11.8. The molecule has 0 aliphatic heterocycles. The molecule has 0 spiro atoms. The molecule has 1 N–H and O–H groups in total. The van der Waals surface area contributed by atoms with Crippen LogP contribution in [0.3, 0.4) is 0 Å². The van der Waals surface area contributed by atoms with E-state index in [1.54, 1.807) is 0 Å². The summed E-state index contributed by atoms with van der Waals surface area (Å²) in [6.45, 7) is 1.50. The fourth-order valence-corrected chi connectivity index (χ4v) is 1.82. The molecular weight excluding hydrogens is 206 g/mol. The summed E-state index contributed by atoms with van der Waals surface area (Å²) in [5.74, 6) is -0.0639. The van der Waals surface area contributed by atoms with Crippen molar-refractivity contribution in [1.82, 2.24) is 0 Å². The molecule has 0 saturated heterocycles. The van der Waals surface area contributed by atoms with Gasteiger partial charge in [0, 0.05) is 17.5 Å². The Morgan fingerprint density at radius 1 is 1.27 bits per heavy atom. The standard InChI is InChI=1S/C12H11NOS/c1-8(14)13-10-6-5-9-3-2-4-12(15)11(9)7-10/h2-7,15H,1H3,(H,13,14). The second-order valence-corrected chi connectivity index (χ2v) is 3.88. The maximum absolute atomic E-state index is 10.9. The number of fused-ring (bicyclic) bond motifs is 1. The van der Waals surface area contributed by atoms with Gasteiger partial charge in [0.15, 0.2) is 0 Å². The van der Waals surface area contributed by atoms with Crippen molar-refractivity contribution in [3.8, 4) is 0 Å². The quantitative estimate of drug-likeness (QED) is 0.706. The molecule has 2 rings (SSSR count). The molecule has 0 aliphatic rings. The Morgan fingerprint density at radius 3 is 2.80 bits per heavy atom. The number of nitrogens with one attached hydrogen (secondary N) is 1. The number of amides is 1. The van der Waals surface area contributed by atoms with E-state index in [4.69, 9.17) is 0 Å². The lowest BCUT2D eigenvalue weighted by molar-refractivity contribution is -0.114. The van der Waals surface area contributed by atoms with Crippen molar-refractivity contribution < 1.29 is 4.79 Å². The Balaban J connectivity index is 2.54. The van der Waals surface area contributed by atoms with Crippen LogP contribution in [0, 0.1) is 0 Å². The molecule has 0 fully saturated rings.